The normalized spacial score (nSPS) is 18.9. The van der Waals surface area contributed by atoms with Crippen molar-refractivity contribution in [3.63, 3.8) is 0 Å². The number of anilines is 1. The van der Waals surface area contributed by atoms with Gasteiger partial charge in [0.2, 0.25) is 5.91 Å². The van der Waals surface area contributed by atoms with E-state index in [1.807, 2.05) is 49.1 Å². The van der Waals surface area contributed by atoms with Crippen molar-refractivity contribution in [2.24, 2.45) is 0 Å². The first-order valence-corrected chi connectivity index (χ1v) is 9.41. The standard InChI is InChI=1S/C22H27FN2O2/c1-22(2)14-20(12-13-27-22)25(19-10-8-18(23)9-11-19)21(26)16-24-15-17-6-4-3-5-7-17/h3-11,20,24H,12-16H2,1-2H3. The Morgan fingerprint density at radius 1 is 1.19 bits per heavy atom. The fraction of sp³-hybridized carbons (Fsp3) is 0.409. The molecule has 1 N–H and O–H groups in total. The molecular formula is C22H27FN2O2. The molecule has 3 rings (SSSR count). The Kier molecular flexibility index (Phi) is 6.24. The fourth-order valence-electron chi connectivity index (χ4n) is 3.58. The molecule has 2 aromatic carbocycles. The first kappa shape index (κ1) is 19.5. The zero-order chi connectivity index (χ0) is 19.3. The highest BCUT2D eigenvalue weighted by molar-refractivity contribution is 5.95. The van der Waals surface area contributed by atoms with Crippen LogP contribution in [0.5, 0.6) is 0 Å². The number of ether oxygens (including phenoxy) is 1. The number of rotatable bonds is 6. The van der Waals surface area contributed by atoms with Gasteiger partial charge in [-0.2, -0.15) is 0 Å². The average molecular weight is 370 g/mol. The van der Waals surface area contributed by atoms with Crippen LogP contribution in [-0.4, -0.2) is 30.7 Å². The summed E-state index contributed by atoms with van der Waals surface area (Å²) in [6.07, 6.45) is 1.51. The summed E-state index contributed by atoms with van der Waals surface area (Å²) in [6.45, 7) is 5.55. The predicted octanol–water partition coefficient (Wildman–Crippen LogP) is 3.91. The molecule has 1 saturated heterocycles. The van der Waals surface area contributed by atoms with Crippen molar-refractivity contribution in [2.75, 3.05) is 18.1 Å². The summed E-state index contributed by atoms with van der Waals surface area (Å²) >= 11 is 0. The van der Waals surface area contributed by atoms with Crippen LogP contribution < -0.4 is 10.2 Å². The molecule has 0 aromatic heterocycles. The monoisotopic (exact) mass is 370 g/mol. The Labute approximate surface area is 160 Å². The van der Waals surface area contributed by atoms with E-state index in [0.717, 1.165) is 24.1 Å². The molecule has 1 fully saturated rings. The van der Waals surface area contributed by atoms with Crippen LogP contribution in [0.25, 0.3) is 0 Å². The number of halogens is 1. The van der Waals surface area contributed by atoms with Crippen LogP contribution in [0.1, 0.15) is 32.3 Å². The molecule has 1 atom stereocenters. The number of amides is 1. The Balaban J connectivity index is 1.72. The lowest BCUT2D eigenvalue weighted by molar-refractivity contribution is -0.119. The number of carbonyl (C=O) groups excluding carboxylic acids is 1. The van der Waals surface area contributed by atoms with E-state index in [1.54, 1.807) is 12.1 Å². The lowest BCUT2D eigenvalue weighted by atomic mass is 9.92. The number of nitrogens with one attached hydrogen (secondary N) is 1. The van der Waals surface area contributed by atoms with Crippen LogP contribution in [0.2, 0.25) is 0 Å². The van der Waals surface area contributed by atoms with Crippen molar-refractivity contribution in [3.8, 4) is 0 Å². The SMILES string of the molecule is CC1(C)CC(N(C(=O)CNCc2ccccc2)c2ccc(F)cc2)CCO1. The second-order valence-electron chi connectivity index (χ2n) is 7.58. The number of hydrogen-bond donors (Lipinski definition) is 1. The molecule has 1 amide bonds. The van der Waals surface area contributed by atoms with Gasteiger partial charge in [0.15, 0.2) is 0 Å². The number of benzene rings is 2. The fourth-order valence-corrected chi connectivity index (χ4v) is 3.58. The van der Waals surface area contributed by atoms with E-state index in [9.17, 15) is 9.18 Å². The average Bonchev–Trinajstić information content (AvgIpc) is 2.64. The molecule has 1 unspecified atom stereocenters. The van der Waals surface area contributed by atoms with Gasteiger partial charge in [0, 0.05) is 24.9 Å². The minimum absolute atomic E-state index is 0.0137. The van der Waals surface area contributed by atoms with Gasteiger partial charge in [0.05, 0.1) is 12.1 Å². The molecule has 0 radical (unpaired) electrons. The van der Waals surface area contributed by atoms with Crippen molar-refractivity contribution < 1.29 is 13.9 Å². The van der Waals surface area contributed by atoms with Crippen LogP contribution in [0.15, 0.2) is 54.6 Å². The van der Waals surface area contributed by atoms with Crippen LogP contribution in [0.4, 0.5) is 10.1 Å². The quantitative estimate of drug-likeness (QED) is 0.838. The summed E-state index contributed by atoms with van der Waals surface area (Å²) in [5, 5.41) is 3.23. The summed E-state index contributed by atoms with van der Waals surface area (Å²) in [6, 6.07) is 16.2. The largest absolute Gasteiger partial charge is 0.375 e. The molecule has 144 valence electrons. The highest BCUT2D eigenvalue weighted by atomic mass is 19.1. The highest BCUT2D eigenvalue weighted by Crippen LogP contribution is 2.30. The van der Waals surface area contributed by atoms with Gasteiger partial charge in [-0.25, -0.2) is 4.39 Å². The van der Waals surface area contributed by atoms with Crippen LogP contribution >= 0.6 is 0 Å². The first-order chi connectivity index (χ1) is 12.9. The summed E-state index contributed by atoms with van der Waals surface area (Å²) in [7, 11) is 0. The molecule has 1 aliphatic heterocycles. The van der Waals surface area contributed by atoms with Gasteiger partial charge in [-0.3, -0.25) is 4.79 Å². The number of carbonyl (C=O) groups is 1. The smallest absolute Gasteiger partial charge is 0.241 e. The molecule has 4 nitrogen and oxygen atoms in total. The summed E-state index contributed by atoms with van der Waals surface area (Å²) in [5.74, 6) is -0.319. The molecule has 5 heteroatoms. The van der Waals surface area contributed by atoms with Gasteiger partial charge >= 0.3 is 0 Å². The number of nitrogens with zero attached hydrogens (tertiary/aromatic N) is 1. The third-order valence-electron chi connectivity index (χ3n) is 4.86. The maximum absolute atomic E-state index is 13.4. The third-order valence-corrected chi connectivity index (χ3v) is 4.86. The topological polar surface area (TPSA) is 41.6 Å². The van der Waals surface area contributed by atoms with Gasteiger partial charge in [-0.15, -0.1) is 0 Å². The minimum atomic E-state index is -0.305. The molecule has 27 heavy (non-hydrogen) atoms. The minimum Gasteiger partial charge on any atom is -0.375 e. The highest BCUT2D eigenvalue weighted by Gasteiger charge is 2.35. The second-order valence-corrected chi connectivity index (χ2v) is 7.58. The molecule has 0 saturated carbocycles. The predicted molar refractivity (Wildman–Crippen MR) is 105 cm³/mol. The van der Waals surface area contributed by atoms with E-state index >= 15 is 0 Å². The van der Waals surface area contributed by atoms with Gasteiger partial charge in [0.25, 0.3) is 0 Å². The first-order valence-electron chi connectivity index (χ1n) is 9.41. The Hall–Kier alpha value is -2.24. The van der Waals surface area contributed by atoms with Crippen molar-refractivity contribution in [2.45, 2.75) is 44.9 Å². The van der Waals surface area contributed by atoms with E-state index in [2.05, 4.69) is 5.32 Å². The van der Waals surface area contributed by atoms with Gasteiger partial charge in [0.1, 0.15) is 5.82 Å². The summed E-state index contributed by atoms with van der Waals surface area (Å²) in [5.41, 5.74) is 1.58. The molecule has 0 spiro atoms. The Bertz CT molecular complexity index is 747. The lowest BCUT2D eigenvalue weighted by Crippen LogP contribution is -2.51. The molecule has 0 bridgehead atoms. The van der Waals surface area contributed by atoms with Gasteiger partial charge < -0.3 is 15.0 Å². The van der Waals surface area contributed by atoms with Crippen LogP contribution in [0.3, 0.4) is 0 Å². The van der Waals surface area contributed by atoms with Gasteiger partial charge in [-0.05, 0) is 56.5 Å². The Morgan fingerprint density at radius 3 is 2.56 bits per heavy atom. The van der Waals surface area contributed by atoms with Crippen LogP contribution in [-0.2, 0) is 16.1 Å². The van der Waals surface area contributed by atoms with Crippen molar-refractivity contribution in [3.05, 3.63) is 66.0 Å². The zero-order valence-corrected chi connectivity index (χ0v) is 16.0. The maximum atomic E-state index is 13.4. The Morgan fingerprint density at radius 2 is 1.89 bits per heavy atom. The summed E-state index contributed by atoms with van der Waals surface area (Å²) < 4.78 is 19.2. The zero-order valence-electron chi connectivity index (χ0n) is 16.0. The van der Waals surface area contributed by atoms with E-state index in [4.69, 9.17) is 4.74 Å². The van der Waals surface area contributed by atoms with Crippen molar-refractivity contribution in [1.82, 2.24) is 5.32 Å². The third kappa shape index (κ3) is 5.37. The van der Waals surface area contributed by atoms with E-state index in [1.165, 1.54) is 12.1 Å². The molecule has 1 aliphatic rings. The van der Waals surface area contributed by atoms with Crippen molar-refractivity contribution in [1.29, 1.82) is 0 Å². The molecule has 0 aliphatic carbocycles. The summed E-state index contributed by atoms with van der Waals surface area (Å²) in [4.78, 5) is 14.9. The molecule has 1 heterocycles. The van der Waals surface area contributed by atoms with Crippen LogP contribution in [0, 0.1) is 5.82 Å². The van der Waals surface area contributed by atoms with E-state index in [0.29, 0.717) is 13.2 Å². The van der Waals surface area contributed by atoms with Crippen molar-refractivity contribution >= 4 is 11.6 Å². The second kappa shape index (κ2) is 8.63. The van der Waals surface area contributed by atoms with E-state index < -0.39 is 0 Å². The molecular weight excluding hydrogens is 343 g/mol. The maximum Gasteiger partial charge on any atom is 0.241 e. The van der Waals surface area contributed by atoms with E-state index in [-0.39, 0.29) is 29.9 Å². The molecule has 2 aromatic rings. The van der Waals surface area contributed by atoms with Gasteiger partial charge in [-0.1, -0.05) is 30.3 Å². The number of hydrogen-bond acceptors (Lipinski definition) is 3. The lowest BCUT2D eigenvalue weighted by Gasteiger charge is -2.41.